The standard InChI is InChI=1S/C28H28N2O6/c1-16-11-12-20(17(2)13-16)29-27(31)24-25(19-14-22(34-4)23(35-5)15-21(19)33-3)30(36-26(24)28(29)32)18-9-7-6-8-10-18/h6-15,24-26H,1-5H3/t24-,25+,26-/m1/s1. The van der Waals surface area contributed by atoms with E-state index in [0.29, 0.717) is 34.2 Å². The first-order valence-electron chi connectivity index (χ1n) is 11.7. The monoisotopic (exact) mass is 488 g/mol. The number of nitrogens with zero attached hydrogens (tertiary/aromatic N) is 2. The second kappa shape index (κ2) is 9.20. The Morgan fingerprint density at radius 2 is 1.44 bits per heavy atom. The van der Waals surface area contributed by atoms with Crippen LogP contribution < -0.4 is 24.2 Å². The fourth-order valence-electron chi connectivity index (χ4n) is 5.11. The predicted molar refractivity (Wildman–Crippen MR) is 135 cm³/mol. The number of aryl methyl sites for hydroxylation is 2. The van der Waals surface area contributed by atoms with Gasteiger partial charge in [-0.1, -0.05) is 35.9 Å². The number of ether oxygens (including phenoxy) is 3. The van der Waals surface area contributed by atoms with Crippen LogP contribution in [0.5, 0.6) is 17.2 Å². The summed E-state index contributed by atoms with van der Waals surface area (Å²) in [7, 11) is 4.64. The van der Waals surface area contributed by atoms with E-state index in [4.69, 9.17) is 19.0 Å². The molecule has 0 aromatic heterocycles. The molecule has 3 atom stereocenters. The molecule has 2 aliphatic rings. The Balaban J connectivity index is 1.66. The molecule has 2 saturated heterocycles. The SMILES string of the molecule is COc1cc(OC)c([C@H]2[C@H]3C(=O)N(c4ccc(C)cc4C)C(=O)[C@@H]3ON2c2ccccc2)cc1OC. The van der Waals surface area contributed by atoms with Gasteiger partial charge >= 0.3 is 0 Å². The van der Waals surface area contributed by atoms with Gasteiger partial charge in [0.2, 0.25) is 5.91 Å². The van der Waals surface area contributed by atoms with Gasteiger partial charge in [0.05, 0.1) is 32.7 Å². The summed E-state index contributed by atoms with van der Waals surface area (Å²) in [5.41, 5.74) is 3.83. The normalized spacial score (nSPS) is 21.1. The first-order valence-corrected chi connectivity index (χ1v) is 11.7. The summed E-state index contributed by atoms with van der Waals surface area (Å²) in [4.78, 5) is 35.1. The highest BCUT2D eigenvalue weighted by Crippen LogP contribution is 2.51. The minimum atomic E-state index is -0.985. The van der Waals surface area contributed by atoms with Crippen molar-refractivity contribution in [1.29, 1.82) is 0 Å². The van der Waals surface area contributed by atoms with Crippen LogP contribution in [0.4, 0.5) is 11.4 Å². The Labute approximate surface area is 209 Å². The zero-order valence-electron chi connectivity index (χ0n) is 20.8. The number of fused-ring (bicyclic) bond motifs is 1. The van der Waals surface area contributed by atoms with Gasteiger partial charge in [-0.3, -0.25) is 14.4 Å². The number of benzene rings is 3. The number of hydrogen-bond donors (Lipinski definition) is 0. The number of hydroxylamine groups is 1. The van der Waals surface area contributed by atoms with E-state index < -0.39 is 18.1 Å². The molecular weight excluding hydrogens is 460 g/mol. The van der Waals surface area contributed by atoms with Gasteiger partial charge in [-0.2, -0.15) is 0 Å². The molecule has 2 aliphatic heterocycles. The summed E-state index contributed by atoms with van der Waals surface area (Å²) < 4.78 is 16.7. The van der Waals surface area contributed by atoms with Gasteiger partial charge in [0.15, 0.2) is 17.6 Å². The van der Waals surface area contributed by atoms with Crippen LogP contribution in [0.2, 0.25) is 0 Å². The summed E-state index contributed by atoms with van der Waals surface area (Å²) in [5.74, 6) is -0.0474. The van der Waals surface area contributed by atoms with Crippen LogP contribution in [0.3, 0.4) is 0 Å². The van der Waals surface area contributed by atoms with E-state index in [0.717, 1.165) is 11.1 Å². The van der Waals surface area contributed by atoms with Crippen LogP contribution in [-0.2, 0) is 14.4 Å². The average molecular weight is 489 g/mol. The third kappa shape index (κ3) is 3.65. The summed E-state index contributed by atoms with van der Waals surface area (Å²) in [6.45, 7) is 3.86. The van der Waals surface area contributed by atoms with Crippen LogP contribution in [0.15, 0.2) is 60.7 Å². The molecule has 8 heteroatoms. The lowest BCUT2D eigenvalue weighted by atomic mass is 9.89. The van der Waals surface area contributed by atoms with E-state index in [9.17, 15) is 9.59 Å². The zero-order chi connectivity index (χ0) is 25.6. The topological polar surface area (TPSA) is 77.5 Å². The van der Waals surface area contributed by atoms with E-state index in [1.165, 1.54) is 4.90 Å². The molecule has 0 aliphatic carbocycles. The van der Waals surface area contributed by atoms with Crippen molar-refractivity contribution in [3.63, 3.8) is 0 Å². The molecule has 2 amide bonds. The molecule has 0 spiro atoms. The lowest BCUT2D eigenvalue weighted by Crippen LogP contribution is -2.37. The highest BCUT2D eigenvalue weighted by Gasteiger charge is 2.61. The Kier molecular flexibility index (Phi) is 6.05. The first-order chi connectivity index (χ1) is 17.4. The number of carbonyl (C=O) groups is 2. The molecule has 2 fully saturated rings. The number of hydrogen-bond acceptors (Lipinski definition) is 7. The Bertz CT molecular complexity index is 1330. The van der Waals surface area contributed by atoms with Gasteiger partial charge in [0.25, 0.3) is 5.91 Å². The van der Waals surface area contributed by atoms with E-state index in [1.54, 1.807) is 38.5 Å². The number of para-hydroxylation sites is 1. The van der Waals surface area contributed by atoms with Crippen molar-refractivity contribution < 1.29 is 28.6 Å². The molecule has 2 heterocycles. The van der Waals surface area contributed by atoms with Crippen LogP contribution in [0, 0.1) is 19.8 Å². The molecule has 36 heavy (non-hydrogen) atoms. The Morgan fingerprint density at radius 1 is 0.778 bits per heavy atom. The molecule has 0 N–H and O–H groups in total. The summed E-state index contributed by atoms with van der Waals surface area (Å²) in [6.07, 6.45) is -0.985. The number of methoxy groups -OCH3 is 3. The highest BCUT2D eigenvalue weighted by molar-refractivity contribution is 6.24. The molecule has 3 aromatic carbocycles. The molecule has 0 radical (unpaired) electrons. The van der Waals surface area contributed by atoms with E-state index in [1.807, 2.05) is 62.4 Å². The lowest BCUT2D eigenvalue weighted by molar-refractivity contribution is -0.126. The minimum absolute atomic E-state index is 0.322. The quantitative estimate of drug-likeness (QED) is 0.477. The number of imide groups is 1. The Morgan fingerprint density at radius 3 is 2.08 bits per heavy atom. The van der Waals surface area contributed by atoms with Crippen LogP contribution in [-0.4, -0.2) is 39.2 Å². The molecule has 0 unspecified atom stereocenters. The summed E-state index contributed by atoms with van der Waals surface area (Å²) in [6, 6.07) is 17.9. The van der Waals surface area contributed by atoms with E-state index in [-0.39, 0.29) is 11.8 Å². The molecule has 0 saturated carbocycles. The molecule has 5 rings (SSSR count). The van der Waals surface area contributed by atoms with Crippen LogP contribution >= 0.6 is 0 Å². The fraction of sp³-hybridized carbons (Fsp3) is 0.286. The summed E-state index contributed by atoms with van der Waals surface area (Å²) >= 11 is 0. The molecule has 3 aromatic rings. The van der Waals surface area contributed by atoms with Crippen molar-refractivity contribution in [3.8, 4) is 17.2 Å². The number of carbonyl (C=O) groups excluding carboxylic acids is 2. The van der Waals surface area contributed by atoms with Gasteiger partial charge in [0.1, 0.15) is 17.7 Å². The maximum Gasteiger partial charge on any atom is 0.266 e. The lowest BCUT2D eigenvalue weighted by Gasteiger charge is -2.30. The van der Waals surface area contributed by atoms with E-state index >= 15 is 0 Å². The number of rotatable bonds is 6. The second-order valence-corrected chi connectivity index (χ2v) is 8.91. The van der Waals surface area contributed by atoms with Gasteiger partial charge in [0, 0.05) is 11.6 Å². The highest BCUT2D eigenvalue weighted by atomic mass is 16.7. The first kappa shape index (κ1) is 23.7. The van der Waals surface area contributed by atoms with Crippen LogP contribution in [0.25, 0.3) is 0 Å². The second-order valence-electron chi connectivity index (χ2n) is 8.91. The fourth-order valence-corrected chi connectivity index (χ4v) is 5.11. The largest absolute Gasteiger partial charge is 0.496 e. The van der Waals surface area contributed by atoms with Gasteiger partial charge in [-0.05, 0) is 43.7 Å². The van der Waals surface area contributed by atoms with Crippen molar-refractivity contribution in [2.24, 2.45) is 5.92 Å². The van der Waals surface area contributed by atoms with Gasteiger partial charge < -0.3 is 14.2 Å². The van der Waals surface area contributed by atoms with Crippen molar-refractivity contribution in [1.82, 2.24) is 0 Å². The third-order valence-electron chi connectivity index (χ3n) is 6.77. The van der Waals surface area contributed by atoms with Crippen molar-refractivity contribution in [2.45, 2.75) is 26.0 Å². The molecule has 0 bridgehead atoms. The Hall–Kier alpha value is -4.04. The predicted octanol–water partition coefficient (Wildman–Crippen LogP) is 4.38. The maximum absolute atomic E-state index is 14.0. The maximum atomic E-state index is 14.0. The van der Waals surface area contributed by atoms with Crippen LogP contribution in [0.1, 0.15) is 22.7 Å². The summed E-state index contributed by atoms with van der Waals surface area (Å²) in [5, 5.41) is 1.63. The molecule has 8 nitrogen and oxygen atoms in total. The minimum Gasteiger partial charge on any atom is -0.496 e. The van der Waals surface area contributed by atoms with E-state index in [2.05, 4.69) is 0 Å². The van der Waals surface area contributed by atoms with Crippen molar-refractivity contribution in [3.05, 3.63) is 77.4 Å². The van der Waals surface area contributed by atoms with Gasteiger partial charge in [-0.15, -0.1) is 0 Å². The van der Waals surface area contributed by atoms with Crippen molar-refractivity contribution in [2.75, 3.05) is 31.3 Å². The van der Waals surface area contributed by atoms with Crippen molar-refractivity contribution >= 4 is 23.2 Å². The molecular formula is C28H28N2O6. The number of amides is 2. The third-order valence-corrected chi connectivity index (χ3v) is 6.77. The smallest absolute Gasteiger partial charge is 0.266 e. The van der Waals surface area contributed by atoms with Gasteiger partial charge in [-0.25, -0.2) is 9.96 Å². The zero-order valence-corrected chi connectivity index (χ0v) is 20.8. The number of anilines is 2. The average Bonchev–Trinajstić information content (AvgIpc) is 3.39. The molecule has 186 valence electrons.